The standard InChI is InChI=1S/C20H15NO6/c1-11-7-8-13(14(22)10-11)21-18(23)12-4-2-5-15(17(12)19(21)24)27-20(25)16-6-3-9-26-16/h2-6,9,13H,1,7-8,10H2. The van der Waals surface area contributed by atoms with Crippen LogP contribution in [0.15, 0.2) is 53.2 Å². The van der Waals surface area contributed by atoms with Gasteiger partial charge in [-0.2, -0.15) is 0 Å². The molecule has 1 aromatic carbocycles. The van der Waals surface area contributed by atoms with Crippen molar-refractivity contribution in [2.75, 3.05) is 0 Å². The molecule has 1 atom stereocenters. The Balaban J connectivity index is 1.66. The molecule has 1 aliphatic heterocycles. The Morgan fingerprint density at radius 2 is 1.96 bits per heavy atom. The van der Waals surface area contributed by atoms with E-state index in [4.69, 9.17) is 9.15 Å². The normalized spacial score (nSPS) is 19.4. The topological polar surface area (TPSA) is 93.9 Å². The molecule has 2 aromatic rings. The molecule has 0 spiro atoms. The first kappa shape index (κ1) is 17.0. The van der Waals surface area contributed by atoms with Gasteiger partial charge in [-0.15, -0.1) is 0 Å². The average molecular weight is 365 g/mol. The molecule has 1 saturated carbocycles. The van der Waals surface area contributed by atoms with Gasteiger partial charge in [-0.3, -0.25) is 19.3 Å². The summed E-state index contributed by atoms with van der Waals surface area (Å²) < 4.78 is 10.3. The van der Waals surface area contributed by atoms with Crippen molar-refractivity contribution in [3.8, 4) is 5.75 Å². The Kier molecular flexibility index (Phi) is 3.99. The second-order valence-electron chi connectivity index (χ2n) is 6.47. The number of hydrogen-bond donors (Lipinski definition) is 0. The number of carbonyl (C=O) groups is 4. The van der Waals surface area contributed by atoms with Crippen molar-refractivity contribution in [1.82, 2.24) is 4.90 Å². The van der Waals surface area contributed by atoms with E-state index in [-0.39, 0.29) is 34.8 Å². The predicted molar refractivity (Wildman–Crippen MR) is 92.4 cm³/mol. The summed E-state index contributed by atoms with van der Waals surface area (Å²) in [6, 6.07) is 6.56. The number of ketones is 1. The van der Waals surface area contributed by atoms with Gasteiger partial charge in [0.25, 0.3) is 11.8 Å². The zero-order chi connectivity index (χ0) is 19.1. The lowest BCUT2D eigenvalue weighted by Gasteiger charge is -2.29. The molecule has 1 aromatic heterocycles. The van der Waals surface area contributed by atoms with Crippen molar-refractivity contribution in [2.45, 2.75) is 25.3 Å². The van der Waals surface area contributed by atoms with Crippen molar-refractivity contribution in [3.63, 3.8) is 0 Å². The Hall–Kier alpha value is -3.48. The van der Waals surface area contributed by atoms with Crippen molar-refractivity contribution in [1.29, 1.82) is 0 Å². The first-order chi connectivity index (χ1) is 13.0. The quantitative estimate of drug-likeness (QED) is 0.359. The molecule has 0 radical (unpaired) electrons. The lowest BCUT2D eigenvalue weighted by Crippen LogP contribution is -2.46. The Morgan fingerprint density at radius 1 is 1.15 bits per heavy atom. The Labute approximate surface area is 154 Å². The van der Waals surface area contributed by atoms with Crippen molar-refractivity contribution >= 4 is 23.6 Å². The molecule has 0 N–H and O–H groups in total. The van der Waals surface area contributed by atoms with E-state index in [0.29, 0.717) is 12.8 Å². The van der Waals surface area contributed by atoms with E-state index in [1.54, 1.807) is 0 Å². The van der Waals surface area contributed by atoms with Crippen LogP contribution in [-0.2, 0) is 4.79 Å². The lowest BCUT2D eigenvalue weighted by atomic mass is 9.89. The lowest BCUT2D eigenvalue weighted by molar-refractivity contribution is -0.123. The number of ether oxygens (including phenoxy) is 1. The number of benzene rings is 1. The van der Waals surface area contributed by atoms with Crippen LogP contribution in [-0.4, -0.2) is 34.5 Å². The van der Waals surface area contributed by atoms with Gasteiger partial charge >= 0.3 is 5.97 Å². The van der Waals surface area contributed by atoms with Crippen molar-refractivity contribution in [2.24, 2.45) is 0 Å². The molecule has 27 heavy (non-hydrogen) atoms. The summed E-state index contributed by atoms with van der Waals surface area (Å²) in [5.41, 5.74) is 0.891. The molecule has 0 bridgehead atoms. The highest BCUT2D eigenvalue weighted by molar-refractivity contribution is 6.24. The van der Waals surface area contributed by atoms with E-state index >= 15 is 0 Å². The van der Waals surface area contributed by atoms with Crippen LogP contribution >= 0.6 is 0 Å². The number of amides is 2. The molecule has 0 saturated heterocycles. The number of furan rings is 1. The molecular formula is C20H15NO6. The van der Waals surface area contributed by atoms with Crippen LogP contribution in [0.3, 0.4) is 0 Å². The molecule has 2 amide bonds. The van der Waals surface area contributed by atoms with Crippen molar-refractivity contribution in [3.05, 3.63) is 65.6 Å². The Bertz CT molecular complexity index is 988. The number of imide groups is 1. The SMILES string of the molecule is C=C1CCC(N2C(=O)c3cccc(OC(=O)c4ccco4)c3C2=O)C(=O)C1. The van der Waals surface area contributed by atoms with Crippen molar-refractivity contribution < 1.29 is 28.3 Å². The highest BCUT2D eigenvalue weighted by Crippen LogP contribution is 2.35. The summed E-state index contributed by atoms with van der Waals surface area (Å²) >= 11 is 0. The predicted octanol–water partition coefficient (Wildman–Crippen LogP) is 2.77. The fourth-order valence-corrected chi connectivity index (χ4v) is 3.41. The van der Waals surface area contributed by atoms with Gasteiger partial charge in [0, 0.05) is 6.42 Å². The molecule has 7 heteroatoms. The van der Waals surface area contributed by atoms with Crippen LogP contribution in [0.4, 0.5) is 0 Å². The van der Waals surface area contributed by atoms with Gasteiger partial charge in [0.15, 0.2) is 5.78 Å². The number of allylic oxidation sites excluding steroid dienone is 1. The van der Waals surface area contributed by atoms with Crippen LogP contribution < -0.4 is 4.74 Å². The summed E-state index contributed by atoms with van der Waals surface area (Å²) in [4.78, 5) is 51.2. The summed E-state index contributed by atoms with van der Waals surface area (Å²) in [5.74, 6) is -2.25. The number of Topliss-reactive ketones (excluding diaryl/α,β-unsaturated/α-hetero) is 1. The molecule has 1 unspecified atom stereocenters. The van der Waals surface area contributed by atoms with E-state index in [0.717, 1.165) is 10.5 Å². The molecule has 7 nitrogen and oxygen atoms in total. The third-order valence-corrected chi connectivity index (χ3v) is 4.71. The summed E-state index contributed by atoms with van der Waals surface area (Å²) in [5, 5.41) is 0. The van der Waals surface area contributed by atoms with Gasteiger partial charge in [-0.25, -0.2) is 4.79 Å². The molecule has 1 fully saturated rings. The number of nitrogens with zero attached hydrogens (tertiary/aromatic N) is 1. The van der Waals surface area contributed by atoms with Gasteiger partial charge in [-0.05, 0) is 37.1 Å². The minimum atomic E-state index is -0.823. The van der Waals surface area contributed by atoms with Gasteiger partial charge in [0.2, 0.25) is 5.76 Å². The average Bonchev–Trinajstić information content (AvgIpc) is 3.25. The molecule has 1 aliphatic carbocycles. The van der Waals surface area contributed by atoms with E-state index in [1.165, 1.54) is 36.6 Å². The summed E-state index contributed by atoms with van der Waals surface area (Å²) in [7, 11) is 0. The van der Waals surface area contributed by atoms with E-state index in [1.807, 2.05) is 0 Å². The van der Waals surface area contributed by atoms with E-state index < -0.39 is 23.8 Å². The third-order valence-electron chi connectivity index (χ3n) is 4.71. The minimum Gasteiger partial charge on any atom is -0.457 e. The van der Waals surface area contributed by atoms with Gasteiger partial charge in [-0.1, -0.05) is 18.2 Å². The maximum atomic E-state index is 12.9. The van der Waals surface area contributed by atoms with Gasteiger partial charge in [0.05, 0.1) is 23.4 Å². The number of fused-ring (bicyclic) bond motifs is 1. The number of rotatable bonds is 3. The first-order valence-corrected chi connectivity index (χ1v) is 8.43. The third kappa shape index (κ3) is 2.77. The highest BCUT2D eigenvalue weighted by Gasteiger charge is 2.45. The molecule has 136 valence electrons. The zero-order valence-corrected chi connectivity index (χ0v) is 14.3. The fourth-order valence-electron chi connectivity index (χ4n) is 3.41. The summed E-state index contributed by atoms with van der Waals surface area (Å²) in [6.45, 7) is 3.80. The Morgan fingerprint density at radius 3 is 2.67 bits per heavy atom. The van der Waals surface area contributed by atoms with Gasteiger partial charge < -0.3 is 9.15 Å². The van der Waals surface area contributed by atoms with Crippen LogP contribution in [0.5, 0.6) is 5.75 Å². The van der Waals surface area contributed by atoms with E-state index in [9.17, 15) is 19.2 Å². The largest absolute Gasteiger partial charge is 0.457 e. The van der Waals surface area contributed by atoms with Gasteiger partial charge in [0.1, 0.15) is 5.75 Å². The maximum absolute atomic E-state index is 12.9. The maximum Gasteiger partial charge on any atom is 0.379 e. The molecule has 2 aliphatic rings. The smallest absolute Gasteiger partial charge is 0.379 e. The first-order valence-electron chi connectivity index (χ1n) is 8.43. The molecular weight excluding hydrogens is 350 g/mol. The molecule has 4 rings (SSSR count). The monoisotopic (exact) mass is 365 g/mol. The highest BCUT2D eigenvalue weighted by atomic mass is 16.5. The summed E-state index contributed by atoms with van der Waals surface area (Å²) in [6.07, 6.45) is 2.40. The zero-order valence-electron chi connectivity index (χ0n) is 14.3. The molecule has 2 heterocycles. The number of carbonyl (C=O) groups excluding carboxylic acids is 4. The van der Waals surface area contributed by atoms with Crippen LogP contribution in [0, 0.1) is 0 Å². The second kappa shape index (κ2) is 6.35. The number of hydrogen-bond acceptors (Lipinski definition) is 6. The van der Waals surface area contributed by atoms with Crippen LogP contribution in [0.1, 0.15) is 50.5 Å². The minimum absolute atomic E-state index is 0.0143. The fraction of sp³-hybridized carbons (Fsp3) is 0.200. The van der Waals surface area contributed by atoms with E-state index in [2.05, 4.69) is 6.58 Å². The number of esters is 1. The second-order valence-corrected chi connectivity index (χ2v) is 6.47. The van der Waals surface area contributed by atoms with Crippen LogP contribution in [0.25, 0.3) is 0 Å². The van der Waals surface area contributed by atoms with Crippen LogP contribution in [0.2, 0.25) is 0 Å².